The van der Waals surface area contributed by atoms with E-state index in [0.29, 0.717) is 11.9 Å². The number of ether oxygens (including phenoxy) is 1. The van der Waals surface area contributed by atoms with Gasteiger partial charge in [0.05, 0.1) is 23.8 Å². The first-order valence-electron chi connectivity index (χ1n) is 11.3. The zero-order valence-electron chi connectivity index (χ0n) is 17.8. The lowest BCUT2D eigenvalue weighted by Crippen LogP contribution is -2.37. The zero-order valence-corrected chi connectivity index (χ0v) is 17.8. The Kier molecular flexibility index (Phi) is 4.96. The maximum atomic E-state index is 6.09. The molecule has 0 amide bonds. The van der Waals surface area contributed by atoms with Gasteiger partial charge in [0, 0.05) is 53.2 Å². The minimum Gasteiger partial charge on any atom is -0.472 e. The van der Waals surface area contributed by atoms with Crippen molar-refractivity contribution in [2.75, 3.05) is 18.4 Å². The maximum absolute atomic E-state index is 6.09. The van der Waals surface area contributed by atoms with Crippen LogP contribution in [0.2, 0.25) is 0 Å². The molecule has 0 bridgehead atoms. The van der Waals surface area contributed by atoms with Crippen molar-refractivity contribution in [2.45, 2.75) is 37.8 Å². The number of hydrogen-bond acceptors (Lipinski definition) is 6. The van der Waals surface area contributed by atoms with Crippen LogP contribution in [0.15, 0.2) is 55.2 Å². The molecule has 1 saturated heterocycles. The Bertz CT molecular complexity index is 1240. The van der Waals surface area contributed by atoms with E-state index in [0.717, 1.165) is 64.9 Å². The third-order valence-corrected chi connectivity index (χ3v) is 6.13. The van der Waals surface area contributed by atoms with Gasteiger partial charge in [0.25, 0.3) is 0 Å². The van der Waals surface area contributed by atoms with E-state index in [1.165, 1.54) is 12.8 Å². The third-order valence-electron chi connectivity index (χ3n) is 6.13. The van der Waals surface area contributed by atoms with Crippen LogP contribution in [0.3, 0.4) is 0 Å². The van der Waals surface area contributed by atoms with E-state index in [4.69, 9.17) is 9.72 Å². The first-order valence-corrected chi connectivity index (χ1v) is 11.3. The van der Waals surface area contributed by atoms with E-state index >= 15 is 0 Å². The van der Waals surface area contributed by atoms with Crippen LogP contribution in [0.1, 0.15) is 25.7 Å². The summed E-state index contributed by atoms with van der Waals surface area (Å²) in [4.78, 5) is 17.0. The van der Waals surface area contributed by atoms with Gasteiger partial charge in [-0.25, -0.2) is 4.98 Å². The summed E-state index contributed by atoms with van der Waals surface area (Å²) in [5.41, 5.74) is 6.18. The summed E-state index contributed by atoms with van der Waals surface area (Å²) in [6, 6.07) is 9.20. The first-order chi connectivity index (χ1) is 15.8. The number of benzene rings is 1. The number of H-pyrrole nitrogens is 1. The molecule has 162 valence electrons. The fourth-order valence-corrected chi connectivity index (χ4v) is 4.28. The van der Waals surface area contributed by atoms with Gasteiger partial charge in [-0.3, -0.25) is 9.97 Å². The number of nitrogens with zero attached hydrogens (tertiary/aromatic N) is 3. The van der Waals surface area contributed by atoms with Crippen molar-refractivity contribution in [3.05, 3.63) is 55.2 Å². The molecule has 3 N–H and O–H groups in total. The second-order valence-corrected chi connectivity index (χ2v) is 8.67. The molecule has 2 fully saturated rings. The van der Waals surface area contributed by atoms with E-state index in [2.05, 4.69) is 49.9 Å². The molecular weight excluding hydrogens is 400 g/mol. The van der Waals surface area contributed by atoms with Crippen LogP contribution in [0.5, 0.6) is 5.88 Å². The van der Waals surface area contributed by atoms with Gasteiger partial charge in [0.2, 0.25) is 5.88 Å². The molecule has 7 nitrogen and oxygen atoms in total. The Morgan fingerprint density at radius 1 is 0.969 bits per heavy atom. The minimum absolute atomic E-state index is 0.145. The van der Waals surface area contributed by atoms with Crippen LogP contribution in [-0.4, -0.2) is 45.2 Å². The van der Waals surface area contributed by atoms with Crippen LogP contribution < -0.4 is 15.4 Å². The normalized spacial score (nSPS) is 18.6. The fraction of sp³-hybridized carbons (Fsp3) is 0.320. The van der Waals surface area contributed by atoms with E-state index in [9.17, 15) is 0 Å². The highest BCUT2D eigenvalue weighted by Crippen LogP contribution is 2.33. The van der Waals surface area contributed by atoms with Crippen molar-refractivity contribution in [3.63, 3.8) is 0 Å². The van der Waals surface area contributed by atoms with Gasteiger partial charge >= 0.3 is 0 Å². The highest BCUT2D eigenvalue weighted by Gasteiger charge is 2.21. The summed E-state index contributed by atoms with van der Waals surface area (Å²) >= 11 is 0. The van der Waals surface area contributed by atoms with Crippen LogP contribution >= 0.6 is 0 Å². The summed E-state index contributed by atoms with van der Waals surface area (Å²) in [5.74, 6) is 0.574. The minimum atomic E-state index is 0.145. The molecule has 0 radical (unpaired) electrons. The molecule has 0 spiro atoms. The van der Waals surface area contributed by atoms with E-state index in [-0.39, 0.29) is 6.10 Å². The number of aromatic amines is 1. The number of fused-ring (bicyclic) bond motifs is 1. The van der Waals surface area contributed by atoms with Gasteiger partial charge in [0.1, 0.15) is 6.10 Å². The SMILES string of the molecule is c1ncc(-c2ccc3[nH]cc(-c4cncc(O[C@@H]5CCCNC5)n4)c3c2)cc1NC1CC1. The lowest BCUT2D eigenvalue weighted by Gasteiger charge is -2.23. The zero-order chi connectivity index (χ0) is 21.3. The molecule has 1 aliphatic carbocycles. The molecule has 3 aromatic heterocycles. The number of rotatable bonds is 6. The largest absolute Gasteiger partial charge is 0.472 e. The monoisotopic (exact) mass is 426 g/mol. The molecule has 32 heavy (non-hydrogen) atoms. The molecule has 0 unspecified atom stereocenters. The lowest BCUT2D eigenvalue weighted by atomic mass is 10.0. The molecule has 1 saturated carbocycles. The Labute approximate surface area is 186 Å². The lowest BCUT2D eigenvalue weighted by molar-refractivity contribution is 0.160. The van der Waals surface area contributed by atoms with Crippen molar-refractivity contribution in [2.24, 2.45) is 0 Å². The Hall–Kier alpha value is -3.45. The van der Waals surface area contributed by atoms with Gasteiger partial charge in [0.15, 0.2) is 0 Å². The molecule has 6 rings (SSSR count). The summed E-state index contributed by atoms with van der Waals surface area (Å²) in [5, 5.41) is 8.01. The summed E-state index contributed by atoms with van der Waals surface area (Å²) in [7, 11) is 0. The number of pyridine rings is 1. The first kappa shape index (κ1) is 19.3. The van der Waals surface area contributed by atoms with Crippen LogP contribution in [0.4, 0.5) is 5.69 Å². The summed E-state index contributed by atoms with van der Waals surface area (Å²) < 4.78 is 6.09. The second-order valence-electron chi connectivity index (χ2n) is 8.67. The smallest absolute Gasteiger partial charge is 0.233 e. The van der Waals surface area contributed by atoms with Gasteiger partial charge in [-0.05, 0) is 56.0 Å². The standard InChI is InChI=1S/C25H26N6O/c1-2-20(12-26-7-1)32-25-15-28-14-24(31-25)22-13-29-23-6-3-16(9-21(22)23)17-8-19(11-27-10-17)30-18-4-5-18/h3,6,8-11,13-15,18,20,26,29-30H,1-2,4-5,7,12H2/t20-/m1/s1. The van der Waals surface area contributed by atoms with Crippen LogP contribution in [0.25, 0.3) is 33.3 Å². The van der Waals surface area contributed by atoms with E-state index < -0.39 is 0 Å². The van der Waals surface area contributed by atoms with Crippen molar-refractivity contribution < 1.29 is 4.74 Å². The molecule has 2 aliphatic rings. The van der Waals surface area contributed by atoms with Crippen LogP contribution in [0, 0.1) is 0 Å². The van der Waals surface area contributed by atoms with Gasteiger partial charge in [-0.1, -0.05) is 6.07 Å². The quantitative estimate of drug-likeness (QED) is 0.424. The highest BCUT2D eigenvalue weighted by molar-refractivity contribution is 5.97. The maximum Gasteiger partial charge on any atom is 0.233 e. The summed E-state index contributed by atoms with van der Waals surface area (Å²) in [6.45, 7) is 1.91. The van der Waals surface area contributed by atoms with Crippen molar-refractivity contribution >= 4 is 16.6 Å². The number of piperidine rings is 1. The second kappa shape index (κ2) is 8.24. The fourth-order valence-electron chi connectivity index (χ4n) is 4.28. The number of anilines is 1. The molecule has 1 aromatic carbocycles. The van der Waals surface area contributed by atoms with Gasteiger partial charge < -0.3 is 20.4 Å². The molecule has 7 heteroatoms. The summed E-state index contributed by atoms with van der Waals surface area (Å²) in [6.07, 6.45) is 14.1. The Morgan fingerprint density at radius 2 is 1.91 bits per heavy atom. The molecule has 1 atom stereocenters. The highest BCUT2D eigenvalue weighted by atomic mass is 16.5. The average Bonchev–Trinajstić information content (AvgIpc) is 3.55. The van der Waals surface area contributed by atoms with Crippen molar-refractivity contribution in [3.8, 4) is 28.3 Å². The van der Waals surface area contributed by atoms with E-state index in [1.54, 1.807) is 12.4 Å². The average molecular weight is 427 g/mol. The molecule has 1 aliphatic heterocycles. The number of hydrogen-bond donors (Lipinski definition) is 3. The Balaban J connectivity index is 1.31. The van der Waals surface area contributed by atoms with Crippen molar-refractivity contribution in [1.82, 2.24) is 25.3 Å². The predicted octanol–water partition coefficient (Wildman–Crippen LogP) is 4.39. The number of nitrogens with one attached hydrogen (secondary N) is 3. The van der Waals surface area contributed by atoms with Gasteiger partial charge in [-0.15, -0.1) is 0 Å². The molecule has 4 aromatic rings. The number of aromatic nitrogens is 4. The van der Waals surface area contributed by atoms with Gasteiger partial charge in [-0.2, -0.15) is 0 Å². The molecule has 4 heterocycles. The topological polar surface area (TPSA) is 87.8 Å². The predicted molar refractivity (Wildman–Crippen MR) is 126 cm³/mol. The third kappa shape index (κ3) is 4.03. The van der Waals surface area contributed by atoms with Crippen molar-refractivity contribution in [1.29, 1.82) is 0 Å². The van der Waals surface area contributed by atoms with Crippen LogP contribution in [-0.2, 0) is 0 Å². The van der Waals surface area contributed by atoms with E-state index in [1.807, 2.05) is 18.6 Å². The Morgan fingerprint density at radius 3 is 2.78 bits per heavy atom. The molecular formula is C25H26N6O.